The predicted molar refractivity (Wildman–Crippen MR) is 115 cm³/mol. The van der Waals surface area contributed by atoms with E-state index in [2.05, 4.69) is 22.0 Å². The molecule has 1 saturated carbocycles. The maximum absolute atomic E-state index is 13.4. The topological polar surface area (TPSA) is 89.3 Å². The number of nitrogens with zero attached hydrogens (tertiary/aromatic N) is 4. The molecule has 0 aromatic carbocycles. The first-order valence-corrected chi connectivity index (χ1v) is 11.0. The first-order chi connectivity index (χ1) is 15.7. The Morgan fingerprint density at radius 1 is 1.42 bits per heavy atom. The molecule has 2 aromatic rings. The number of nitrogens with one attached hydrogen (secondary N) is 1. The van der Waals surface area contributed by atoms with E-state index in [0.29, 0.717) is 31.1 Å². The molecule has 10 heteroatoms. The first-order valence-electron chi connectivity index (χ1n) is 11.0. The van der Waals surface area contributed by atoms with Crippen molar-refractivity contribution < 1.29 is 23.1 Å². The summed E-state index contributed by atoms with van der Waals surface area (Å²) in [7, 11) is 1.56. The number of amides is 2. The number of hydrogen-bond donors (Lipinski definition) is 1. The van der Waals surface area contributed by atoms with E-state index >= 15 is 0 Å². The number of likely N-dealkylation sites (N-methyl/N-ethyl adjacent to an activating group) is 1. The normalized spacial score (nSPS) is 27.5. The summed E-state index contributed by atoms with van der Waals surface area (Å²) in [4.78, 5) is 31.6. The Hall–Kier alpha value is -3.14. The van der Waals surface area contributed by atoms with E-state index in [1.54, 1.807) is 30.1 Å². The zero-order valence-corrected chi connectivity index (χ0v) is 18.5. The van der Waals surface area contributed by atoms with Crippen LogP contribution in [0.1, 0.15) is 59.4 Å². The Morgan fingerprint density at radius 3 is 2.85 bits per heavy atom. The molecular formula is C23H25F2N5O3. The molecule has 0 spiro atoms. The molecule has 0 radical (unpaired) electrons. The number of pyridine rings is 1. The van der Waals surface area contributed by atoms with Crippen molar-refractivity contribution in [2.45, 2.75) is 62.8 Å². The van der Waals surface area contributed by atoms with Gasteiger partial charge in [-0.05, 0) is 24.5 Å². The van der Waals surface area contributed by atoms with Crippen LogP contribution in [0.15, 0.2) is 31.0 Å². The van der Waals surface area contributed by atoms with E-state index in [-0.39, 0.29) is 24.4 Å². The van der Waals surface area contributed by atoms with Crippen LogP contribution >= 0.6 is 0 Å². The van der Waals surface area contributed by atoms with Crippen molar-refractivity contribution >= 4 is 17.6 Å². The number of carbonyl (C=O) groups is 2. The molecule has 1 aliphatic carbocycles. The lowest BCUT2D eigenvalue weighted by Crippen LogP contribution is -2.47. The molecule has 5 rings (SSSR count). The van der Waals surface area contributed by atoms with Gasteiger partial charge in [-0.2, -0.15) is 5.10 Å². The number of alkyl halides is 2. The van der Waals surface area contributed by atoms with Crippen LogP contribution in [0, 0.1) is 0 Å². The van der Waals surface area contributed by atoms with Crippen LogP contribution in [-0.2, 0) is 28.3 Å². The van der Waals surface area contributed by atoms with E-state index in [1.807, 2.05) is 6.92 Å². The Bertz CT molecular complexity index is 1160. The van der Waals surface area contributed by atoms with Gasteiger partial charge in [-0.1, -0.05) is 19.6 Å². The molecule has 8 nitrogen and oxygen atoms in total. The predicted octanol–water partition coefficient (Wildman–Crippen LogP) is 2.89. The van der Waals surface area contributed by atoms with Gasteiger partial charge < -0.3 is 10.1 Å². The van der Waals surface area contributed by atoms with Crippen molar-refractivity contribution in [3.63, 3.8) is 0 Å². The summed E-state index contributed by atoms with van der Waals surface area (Å²) < 4.78 is 34.4. The summed E-state index contributed by atoms with van der Waals surface area (Å²) in [6, 6.07) is 2.44. The average molecular weight is 457 g/mol. The van der Waals surface area contributed by atoms with Crippen molar-refractivity contribution in [1.82, 2.24) is 20.1 Å². The van der Waals surface area contributed by atoms with Gasteiger partial charge in [0.15, 0.2) is 0 Å². The van der Waals surface area contributed by atoms with Crippen molar-refractivity contribution in [1.29, 1.82) is 0 Å². The van der Waals surface area contributed by atoms with Gasteiger partial charge in [-0.3, -0.25) is 19.5 Å². The van der Waals surface area contributed by atoms with Crippen LogP contribution in [0.5, 0.6) is 0 Å². The molecular weight excluding hydrogens is 432 g/mol. The number of aryl methyl sites for hydroxylation is 1. The molecule has 1 fully saturated rings. The van der Waals surface area contributed by atoms with Crippen LogP contribution in [0.3, 0.4) is 0 Å². The minimum Gasteiger partial charge on any atom is -0.361 e. The molecule has 2 amide bonds. The highest BCUT2D eigenvalue weighted by Gasteiger charge is 2.59. The second-order valence-electron chi connectivity index (χ2n) is 8.84. The third-order valence-corrected chi connectivity index (χ3v) is 6.88. The maximum atomic E-state index is 13.4. The Labute approximate surface area is 189 Å². The minimum absolute atomic E-state index is 0.189. The maximum Gasteiger partial charge on any atom is 0.270 e. The summed E-state index contributed by atoms with van der Waals surface area (Å²) in [5, 5.41) is 7.07. The molecule has 174 valence electrons. The number of carbonyl (C=O) groups excluding carboxylic acids is 2. The zero-order valence-electron chi connectivity index (χ0n) is 18.5. The molecule has 2 aliphatic heterocycles. The second kappa shape index (κ2) is 7.44. The summed E-state index contributed by atoms with van der Waals surface area (Å²) in [5.74, 6) is -3.98. The number of rotatable bonds is 5. The van der Waals surface area contributed by atoms with Crippen LogP contribution in [-0.4, -0.2) is 45.6 Å². The van der Waals surface area contributed by atoms with E-state index < -0.39 is 29.4 Å². The SMILES string of the molecule is C=C[C@@]1(CC)OCc2cnc(C(=O)N[C@H]3CCn4nc([C@H]5CC5(F)F)cc4N(C)C3=O)cc21. The van der Waals surface area contributed by atoms with Gasteiger partial charge in [-0.25, -0.2) is 13.5 Å². The lowest BCUT2D eigenvalue weighted by Gasteiger charge is -2.24. The van der Waals surface area contributed by atoms with Crippen LogP contribution in [0.2, 0.25) is 0 Å². The Morgan fingerprint density at radius 2 is 2.18 bits per heavy atom. The average Bonchev–Trinajstić information content (AvgIpc) is 3.15. The third kappa shape index (κ3) is 3.43. The highest BCUT2D eigenvalue weighted by atomic mass is 19.3. The van der Waals surface area contributed by atoms with Crippen molar-refractivity contribution in [2.24, 2.45) is 0 Å². The number of hydrogen-bond acceptors (Lipinski definition) is 5. The van der Waals surface area contributed by atoms with Gasteiger partial charge in [0.1, 0.15) is 23.2 Å². The summed E-state index contributed by atoms with van der Waals surface area (Å²) in [5.41, 5.74) is 1.59. The van der Waals surface area contributed by atoms with E-state index in [1.165, 1.54) is 11.0 Å². The molecule has 0 unspecified atom stereocenters. The fraction of sp³-hybridized carbons (Fsp3) is 0.478. The quantitative estimate of drug-likeness (QED) is 0.698. The minimum atomic E-state index is -2.73. The van der Waals surface area contributed by atoms with Crippen molar-refractivity contribution in [2.75, 3.05) is 11.9 Å². The zero-order chi connectivity index (χ0) is 23.5. The smallest absolute Gasteiger partial charge is 0.270 e. The number of fused-ring (bicyclic) bond motifs is 2. The molecule has 33 heavy (non-hydrogen) atoms. The van der Waals surface area contributed by atoms with Gasteiger partial charge in [-0.15, -0.1) is 0 Å². The van der Waals surface area contributed by atoms with E-state index in [9.17, 15) is 18.4 Å². The lowest BCUT2D eigenvalue weighted by molar-refractivity contribution is -0.120. The molecule has 3 atom stereocenters. The summed E-state index contributed by atoms with van der Waals surface area (Å²) in [6.07, 6.45) is 4.09. The lowest BCUT2D eigenvalue weighted by atomic mass is 9.90. The first kappa shape index (κ1) is 21.7. The highest BCUT2D eigenvalue weighted by Crippen LogP contribution is 2.55. The Kier molecular flexibility index (Phi) is 4.89. The molecule has 1 N–H and O–H groups in total. The van der Waals surface area contributed by atoms with Crippen molar-refractivity contribution in [3.05, 3.63) is 53.5 Å². The molecule has 0 bridgehead atoms. The van der Waals surface area contributed by atoms with Crippen LogP contribution in [0.25, 0.3) is 0 Å². The number of aromatic nitrogens is 3. The summed E-state index contributed by atoms with van der Waals surface area (Å²) in [6.45, 7) is 6.58. The van der Waals surface area contributed by atoms with Gasteiger partial charge in [0.2, 0.25) is 0 Å². The standard InChI is InChI=1S/C23H25F2N5O3/c1-4-22(5-2)14-8-18(26-11-13(14)12-33-22)20(31)27-16-6-7-30-19(29(3)21(16)32)9-17(28-30)15-10-23(15,24)25/h4,8-9,11,15-16H,1,5-7,10,12H2,2-3H3,(H,27,31)/t15-,16+,22+/m1/s1. The number of ether oxygens (including phenoxy) is 1. The molecule has 3 aliphatic rings. The monoisotopic (exact) mass is 457 g/mol. The number of anilines is 1. The van der Waals surface area contributed by atoms with Gasteiger partial charge in [0.25, 0.3) is 17.7 Å². The van der Waals surface area contributed by atoms with Gasteiger partial charge in [0, 0.05) is 37.8 Å². The third-order valence-electron chi connectivity index (χ3n) is 6.88. The molecule has 2 aromatic heterocycles. The fourth-order valence-corrected chi connectivity index (χ4v) is 4.66. The van der Waals surface area contributed by atoms with Gasteiger partial charge in [0.05, 0.1) is 18.2 Å². The highest BCUT2D eigenvalue weighted by molar-refractivity contribution is 6.01. The number of halogens is 2. The van der Waals surface area contributed by atoms with Crippen molar-refractivity contribution in [3.8, 4) is 0 Å². The molecule has 0 saturated heterocycles. The summed E-state index contributed by atoms with van der Waals surface area (Å²) >= 11 is 0. The fourth-order valence-electron chi connectivity index (χ4n) is 4.66. The van der Waals surface area contributed by atoms with Crippen LogP contribution in [0.4, 0.5) is 14.6 Å². The second-order valence-corrected chi connectivity index (χ2v) is 8.84. The molecule has 4 heterocycles. The largest absolute Gasteiger partial charge is 0.361 e. The van der Waals surface area contributed by atoms with E-state index in [4.69, 9.17) is 4.74 Å². The Balaban J connectivity index is 1.33. The van der Waals surface area contributed by atoms with E-state index in [0.717, 1.165) is 11.1 Å². The van der Waals surface area contributed by atoms with Crippen LogP contribution < -0.4 is 10.2 Å². The van der Waals surface area contributed by atoms with Gasteiger partial charge >= 0.3 is 0 Å².